The van der Waals surface area contributed by atoms with Gasteiger partial charge >= 0.3 is 0 Å². The van der Waals surface area contributed by atoms with Gasteiger partial charge in [0.2, 0.25) is 5.91 Å². The molecule has 0 saturated heterocycles. The fourth-order valence-corrected chi connectivity index (χ4v) is 2.61. The Morgan fingerprint density at radius 3 is 1.57 bits per heavy atom. The minimum atomic E-state index is -0.723. The van der Waals surface area contributed by atoms with Gasteiger partial charge in [-0.3, -0.25) is 4.79 Å². The summed E-state index contributed by atoms with van der Waals surface area (Å²) in [6, 6.07) is 0. The maximum absolute atomic E-state index is 11.3. The molecule has 1 atom stereocenters. The number of aliphatic hydroxyl groups excluding tert-OH is 1. The van der Waals surface area contributed by atoms with Crippen LogP contribution in [0.2, 0.25) is 0 Å². The molecule has 0 aromatic carbocycles. The second-order valence-electron chi connectivity index (χ2n) is 6.24. The first-order chi connectivity index (χ1) is 10.2. The Hall–Kier alpha value is -0.570. The third-order valence-electron chi connectivity index (χ3n) is 3.88. The molecule has 1 amide bonds. The van der Waals surface area contributed by atoms with E-state index in [1.165, 1.54) is 70.6 Å². The monoisotopic (exact) mass is 299 g/mol. The van der Waals surface area contributed by atoms with Crippen LogP contribution >= 0.6 is 0 Å². The molecule has 0 rings (SSSR count). The van der Waals surface area contributed by atoms with Gasteiger partial charge in [0.25, 0.3) is 0 Å². The van der Waals surface area contributed by atoms with Crippen LogP contribution in [0, 0.1) is 0 Å². The first kappa shape index (κ1) is 20.4. The third kappa shape index (κ3) is 17.4. The fourth-order valence-electron chi connectivity index (χ4n) is 2.61. The largest absolute Gasteiger partial charge is 0.374 e. The molecule has 0 fully saturated rings. The Kier molecular flexibility index (Phi) is 15.4. The zero-order chi connectivity index (χ0) is 15.8. The minimum absolute atomic E-state index is 0.0342. The highest BCUT2D eigenvalue weighted by Gasteiger charge is 2.03. The SMILES string of the molecule is CCCCCCCCCCCCCCCC(=O)NC(C)O. The highest BCUT2D eigenvalue weighted by molar-refractivity contribution is 5.75. The molecule has 0 saturated carbocycles. The summed E-state index contributed by atoms with van der Waals surface area (Å²) in [7, 11) is 0. The number of hydrogen-bond donors (Lipinski definition) is 2. The summed E-state index contributed by atoms with van der Waals surface area (Å²) < 4.78 is 0. The highest BCUT2D eigenvalue weighted by Crippen LogP contribution is 2.12. The molecule has 2 N–H and O–H groups in total. The second-order valence-corrected chi connectivity index (χ2v) is 6.24. The summed E-state index contributed by atoms with van der Waals surface area (Å²) in [5, 5.41) is 11.5. The van der Waals surface area contributed by atoms with Crippen molar-refractivity contribution in [2.45, 2.75) is 110 Å². The molecule has 0 radical (unpaired) electrons. The van der Waals surface area contributed by atoms with Crippen LogP contribution < -0.4 is 5.32 Å². The molecule has 0 spiro atoms. The number of unbranched alkanes of at least 4 members (excludes halogenated alkanes) is 12. The minimum Gasteiger partial charge on any atom is -0.374 e. The molecular weight excluding hydrogens is 262 g/mol. The van der Waals surface area contributed by atoms with Gasteiger partial charge in [0.1, 0.15) is 6.23 Å². The van der Waals surface area contributed by atoms with E-state index in [-0.39, 0.29) is 5.91 Å². The van der Waals surface area contributed by atoms with E-state index in [1.807, 2.05) is 0 Å². The molecule has 3 nitrogen and oxygen atoms in total. The molecule has 0 aromatic heterocycles. The van der Waals surface area contributed by atoms with Crippen molar-refractivity contribution in [3.8, 4) is 0 Å². The third-order valence-corrected chi connectivity index (χ3v) is 3.88. The molecular formula is C18H37NO2. The average Bonchev–Trinajstić information content (AvgIpc) is 2.43. The van der Waals surface area contributed by atoms with Crippen LogP contribution in [0.5, 0.6) is 0 Å². The lowest BCUT2D eigenvalue weighted by Gasteiger charge is -2.07. The zero-order valence-electron chi connectivity index (χ0n) is 14.3. The topological polar surface area (TPSA) is 49.3 Å². The lowest BCUT2D eigenvalue weighted by atomic mass is 10.0. The van der Waals surface area contributed by atoms with Gasteiger partial charge in [-0.2, -0.15) is 0 Å². The van der Waals surface area contributed by atoms with Crippen LogP contribution in [-0.2, 0) is 4.79 Å². The Labute approximate surface area is 131 Å². The maximum Gasteiger partial charge on any atom is 0.221 e. The van der Waals surface area contributed by atoms with Crippen molar-refractivity contribution in [3.63, 3.8) is 0 Å². The summed E-state index contributed by atoms with van der Waals surface area (Å²) in [4.78, 5) is 11.3. The van der Waals surface area contributed by atoms with Crippen molar-refractivity contribution in [1.82, 2.24) is 5.32 Å². The van der Waals surface area contributed by atoms with Gasteiger partial charge in [0.15, 0.2) is 0 Å². The lowest BCUT2D eigenvalue weighted by Crippen LogP contribution is -2.31. The second kappa shape index (κ2) is 15.8. The summed E-state index contributed by atoms with van der Waals surface area (Å²) in [5.41, 5.74) is 0. The van der Waals surface area contributed by atoms with Crippen LogP contribution in [0.1, 0.15) is 104 Å². The number of aliphatic hydroxyl groups is 1. The number of amides is 1. The summed E-state index contributed by atoms with van der Waals surface area (Å²) in [5.74, 6) is -0.0342. The first-order valence-electron chi connectivity index (χ1n) is 9.14. The van der Waals surface area contributed by atoms with E-state index < -0.39 is 6.23 Å². The predicted molar refractivity (Wildman–Crippen MR) is 90.1 cm³/mol. The molecule has 0 aromatic rings. The standard InChI is InChI=1S/C18H37NO2/c1-3-4-5-6-7-8-9-10-11-12-13-14-15-16-18(21)19-17(2)20/h17,20H,3-16H2,1-2H3,(H,19,21). The Morgan fingerprint density at radius 2 is 1.19 bits per heavy atom. The number of nitrogens with one attached hydrogen (secondary N) is 1. The van der Waals surface area contributed by atoms with E-state index in [9.17, 15) is 4.79 Å². The van der Waals surface area contributed by atoms with E-state index in [4.69, 9.17) is 5.11 Å². The average molecular weight is 299 g/mol. The van der Waals surface area contributed by atoms with Gasteiger partial charge in [-0.1, -0.05) is 84.0 Å². The molecule has 126 valence electrons. The van der Waals surface area contributed by atoms with Crippen LogP contribution in [-0.4, -0.2) is 17.2 Å². The zero-order valence-corrected chi connectivity index (χ0v) is 14.3. The Morgan fingerprint density at radius 1 is 0.810 bits per heavy atom. The van der Waals surface area contributed by atoms with Gasteiger partial charge < -0.3 is 10.4 Å². The molecule has 0 aliphatic heterocycles. The number of hydrogen-bond acceptors (Lipinski definition) is 2. The molecule has 0 heterocycles. The Balaban J connectivity index is 3.07. The maximum atomic E-state index is 11.3. The van der Waals surface area contributed by atoms with Gasteiger partial charge in [0, 0.05) is 6.42 Å². The van der Waals surface area contributed by atoms with E-state index in [1.54, 1.807) is 6.92 Å². The van der Waals surface area contributed by atoms with Crippen LogP contribution in [0.25, 0.3) is 0 Å². The molecule has 0 bridgehead atoms. The van der Waals surface area contributed by atoms with Crippen LogP contribution in [0.4, 0.5) is 0 Å². The summed E-state index contributed by atoms with van der Waals surface area (Å²) >= 11 is 0. The molecule has 1 unspecified atom stereocenters. The van der Waals surface area contributed by atoms with E-state index in [0.29, 0.717) is 6.42 Å². The quantitative estimate of drug-likeness (QED) is 0.333. The van der Waals surface area contributed by atoms with Crippen molar-refractivity contribution in [3.05, 3.63) is 0 Å². The molecule has 3 heteroatoms. The summed E-state index contributed by atoms with van der Waals surface area (Å²) in [6.45, 7) is 3.83. The van der Waals surface area contributed by atoms with Gasteiger partial charge in [-0.05, 0) is 13.3 Å². The smallest absolute Gasteiger partial charge is 0.221 e. The fraction of sp³-hybridized carbons (Fsp3) is 0.944. The number of rotatable bonds is 15. The predicted octanol–water partition coefficient (Wildman–Crippen LogP) is 4.92. The summed E-state index contributed by atoms with van der Waals surface area (Å²) in [6.07, 6.45) is 16.9. The van der Waals surface area contributed by atoms with Crippen LogP contribution in [0.3, 0.4) is 0 Å². The first-order valence-corrected chi connectivity index (χ1v) is 9.14. The lowest BCUT2D eigenvalue weighted by molar-refractivity contribution is -0.123. The molecule has 0 aliphatic carbocycles. The van der Waals surface area contributed by atoms with Gasteiger partial charge in [-0.15, -0.1) is 0 Å². The number of carbonyl (C=O) groups is 1. The van der Waals surface area contributed by atoms with Gasteiger partial charge in [-0.25, -0.2) is 0 Å². The van der Waals surface area contributed by atoms with E-state index >= 15 is 0 Å². The normalized spacial score (nSPS) is 12.3. The number of carbonyl (C=O) groups excluding carboxylic acids is 1. The van der Waals surface area contributed by atoms with E-state index in [2.05, 4.69) is 12.2 Å². The molecule has 21 heavy (non-hydrogen) atoms. The van der Waals surface area contributed by atoms with Crippen molar-refractivity contribution < 1.29 is 9.90 Å². The highest BCUT2D eigenvalue weighted by atomic mass is 16.3. The molecule has 0 aliphatic rings. The van der Waals surface area contributed by atoms with Crippen molar-refractivity contribution in [2.75, 3.05) is 0 Å². The Bertz CT molecular complexity index is 229. The van der Waals surface area contributed by atoms with Gasteiger partial charge in [0.05, 0.1) is 0 Å². The van der Waals surface area contributed by atoms with Crippen molar-refractivity contribution in [2.24, 2.45) is 0 Å². The van der Waals surface area contributed by atoms with Crippen molar-refractivity contribution >= 4 is 5.91 Å². The van der Waals surface area contributed by atoms with Crippen LogP contribution in [0.15, 0.2) is 0 Å². The van der Waals surface area contributed by atoms with E-state index in [0.717, 1.165) is 12.8 Å². The van der Waals surface area contributed by atoms with Crippen molar-refractivity contribution in [1.29, 1.82) is 0 Å².